The summed E-state index contributed by atoms with van der Waals surface area (Å²) < 4.78 is 0. The molecule has 0 amide bonds. The second kappa shape index (κ2) is 6.99. The fraction of sp³-hybridized carbons (Fsp3) is 0.667. The van der Waals surface area contributed by atoms with Crippen LogP contribution in [0, 0.1) is 0 Å². The normalized spacial score (nSPS) is 10.6. The molecule has 0 fully saturated rings. The molecule has 0 rings (SSSR count). The highest BCUT2D eigenvalue weighted by atomic mass is 35.5. The Bertz CT molecular complexity index is 68.9. The fourth-order valence-corrected chi connectivity index (χ4v) is 0.381. The van der Waals surface area contributed by atoms with Gasteiger partial charge in [-0.15, -0.1) is 12.4 Å². The summed E-state index contributed by atoms with van der Waals surface area (Å²) in [6.07, 6.45) is 2.11. The van der Waals surface area contributed by atoms with Crippen LogP contribution in [0.4, 0.5) is 0 Å². The second-order valence-corrected chi connectivity index (χ2v) is 1.67. The second-order valence-electron chi connectivity index (χ2n) is 1.67. The van der Waals surface area contributed by atoms with E-state index in [1.54, 1.807) is 0 Å². The first-order valence-electron chi connectivity index (χ1n) is 2.57. The van der Waals surface area contributed by atoms with Gasteiger partial charge in [0.15, 0.2) is 0 Å². The Morgan fingerprint density at radius 1 is 1.62 bits per heavy atom. The van der Waals surface area contributed by atoms with Crippen LogP contribution in [0.3, 0.4) is 0 Å². The van der Waals surface area contributed by atoms with E-state index in [2.05, 4.69) is 18.3 Å². The summed E-state index contributed by atoms with van der Waals surface area (Å²) in [6.45, 7) is 5.17. The summed E-state index contributed by atoms with van der Waals surface area (Å²) >= 11 is 0. The Kier molecular flexibility index (Phi) is 9.51. The van der Waals surface area contributed by atoms with Crippen molar-refractivity contribution in [1.29, 1.82) is 0 Å². The predicted molar refractivity (Wildman–Crippen MR) is 40.6 cm³/mol. The zero-order chi connectivity index (χ0) is 5.70. The van der Waals surface area contributed by atoms with Crippen molar-refractivity contribution in [2.75, 3.05) is 13.6 Å². The molecule has 0 saturated carbocycles. The minimum Gasteiger partial charge on any atom is -0.316 e. The molecule has 0 saturated heterocycles. The monoisotopic (exact) mass is 135 g/mol. The predicted octanol–water partition coefficient (Wildman–Crippen LogP) is 1.59. The standard InChI is InChI=1S/C6H13N.ClH/c1-4-6(2)5-7-3;/h4,7H,5H2,1-3H3;1H/b6-4+;. The van der Waals surface area contributed by atoms with Gasteiger partial charge in [0.2, 0.25) is 0 Å². The SMILES string of the molecule is C/C=C(\C)CNC.Cl. The Balaban J connectivity index is 0. The molecule has 1 nitrogen and oxygen atoms in total. The minimum atomic E-state index is 0. The van der Waals surface area contributed by atoms with Gasteiger partial charge in [-0.1, -0.05) is 11.6 Å². The van der Waals surface area contributed by atoms with Gasteiger partial charge in [-0.2, -0.15) is 0 Å². The van der Waals surface area contributed by atoms with Crippen LogP contribution >= 0.6 is 12.4 Å². The Morgan fingerprint density at radius 2 is 2.12 bits per heavy atom. The quantitative estimate of drug-likeness (QED) is 0.568. The Labute approximate surface area is 57.6 Å². The zero-order valence-electron chi connectivity index (χ0n) is 5.69. The molecule has 0 aromatic rings. The van der Waals surface area contributed by atoms with Gasteiger partial charge in [-0.25, -0.2) is 0 Å². The average Bonchev–Trinajstić information content (AvgIpc) is 1.68. The largest absolute Gasteiger partial charge is 0.316 e. The lowest BCUT2D eigenvalue weighted by Gasteiger charge is -1.93. The van der Waals surface area contributed by atoms with Crippen LogP contribution in [0.15, 0.2) is 11.6 Å². The first-order valence-corrected chi connectivity index (χ1v) is 2.57. The molecule has 0 aliphatic rings. The van der Waals surface area contributed by atoms with E-state index >= 15 is 0 Å². The third-order valence-electron chi connectivity index (χ3n) is 0.948. The molecular weight excluding hydrogens is 122 g/mol. The molecule has 0 bridgehead atoms. The van der Waals surface area contributed by atoms with Crippen molar-refractivity contribution < 1.29 is 0 Å². The van der Waals surface area contributed by atoms with Gasteiger partial charge in [0, 0.05) is 6.54 Å². The van der Waals surface area contributed by atoms with Crippen molar-refractivity contribution in [1.82, 2.24) is 5.32 Å². The maximum atomic E-state index is 3.05. The number of hydrogen-bond donors (Lipinski definition) is 1. The third-order valence-corrected chi connectivity index (χ3v) is 0.948. The molecule has 0 heterocycles. The van der Waals surface area contributed by atoms with Gasteiger partial charge in [-0.05, 0) is 20.9 Å². The first-order chi connectivity index (χ1) is 3.31. The van der Waals surface area contributed by atoms with Crippen LogP contribution in [0.2, 0.25) is 0 Å². The first kappa shape index (κ1) is 10.9. The highest BCUT2D eigenvalue weighted by Crippen LogP contribution is 1.84. The lowest BCUT2D eigenvalue weighted by atomic mass is 10.3. The summed E-state index contributed by atoms with van der Waals surface area (Å²) in [7, 11) is 1.95. The highest BCUT2D eigenvalue weighted by Gasteiger charge is 1.78. The highest BCUT2D eigenvalue weighted by molar-refractivity contribution is 5.85. The van der Waals surface area contributed by atoms with E-state index in [0.29, 0.717) is 0 Å². The van der Waals surface area contributed by atoms with E-state index in [4.69, 9.17) is 0 Å². The average molecular weight is 136 g/mol. The number of rotatable bonds is 2. The summed E-state index contributed by atoms with van der Waals surface area (Å²) in [5, 5.41) is 3.05. The number of likely N-dealkylation sites (N-methyl/N-ethyl adjacent to an activating group) is 1. The van der Waals surface area contributed by atoms with Gasteiger partial charge in [0.05, 0.1) is 0 Å². The van der Waals surface area contributed by atoms with E-state index in [9.17, 15) is 0 Å². The van der Waals surface area contributed by atoms with Gasteiger partial charge < -0.3 is 5.32 Å². The Hall–Kier alpha value is -0.0100. The smallest absolute Gasteiger partial charge is 0.0158 e. The van der Waals surface area contributed by atoms with Gasteiger partial charge in [-0.3, -0.25) is 0 Å². The number of hydrogen-bond acceptors (Lipinski definition) is 1. The summed E-state index contributed by atoms with van der Waals surface area (Å²) in [5.74, 6) is 0. The van der Waals surface area contributed by atoms with Crippen LogP contribution in [0.1, 0.15) is 13.8 Å². The maximum Gasteiger partial charge on any atom is 0.0158 e. The number of nitrogens with one attached hydrogen (secondary N) is 1. The summed E-state index contributed by atoms with van der Waals surface area (Å²) in [5.41, 5.74) is 1.39. The maximum absolute atomic E-state index is 3.05. The molecule has 0 radical (unpaired) electrons. The van der Waals surface area contributed by atoms with Crippen LogP contribution in [-0.2, 0) is 0 Å². The van der Waals surface area contributed by atoms with Gasteiger partial charge in [0.1, 0.15) is 0 Å². The molecule has 8 heavy (non-hydrogen) atoms. The molecule has 1 N–H and O–H groups in total. The van der Waals surface area contributed by atoms with Crippen LogP contribution < -0.4 is 5.32 Å². The number of halogens is 1. The molecule has 0 aromatic heterocycles. The number of allylic oxidation sites excluding steroid dienone is 1. The lowest BCUT2D eigenvalue weighted by Crippen LogP contribution is -2.07. The fourth-order valence-electron chi connectivity index (χ4n) is 0.381. The van der Waals surface area contributed by atoms with Crippen molar-refractivity contribution in [2.24, 2.45) is 0 Å². The third kappa shape index (κ3) is 5.99. The molecule has 0 atom stereocenters. The minimum absolute atomic E-state index is 0. The molecule has 0 aromatic carbocycles. The van der Waals surface area contributed by atoms with E-state index in [-0.39, 0.29) is 12.4 Å². The molecule has 2 heteroatoms. The Morgan fingerprint density at radius 3 is 2.25 bits per heavy atom. The van der Waals surface area contributed by atoms with Crippen LogP contribution in [0.5, 0.6) is 0 Å². The molecule has 0 spiro atoms. The molecule has 0 aliphatic heterocycles. The van der Waals surface area contributed by atoms with Crippen molar-refractivity contribution >= 4 is 12.4 Å². The van der Waals surface area contributed by atoms with Crippen LogP contribution in [-0.4, -0.2) is 13.6 Å². The van der Waals surface area contributed by atoms with E-state index in [1.165, 1.54) is 5.57 Å². The lowest BCUT2D eigenvalue weighted by molar-refractivity contribution is 0.878. The molecular formula is C6H14ClN. The molecule has 50 valence electrons. The van der Waals surface area contributed by atoms with Gasteiger partial charge in [0.25, 0.3) is 0 Å². The van der Waals surface area contributed by atoms with Crippen molar-refractivity contribution in [3.63, 3.8) is 0 Å². The van der Waals surface area contributed by atoms with Crippen LogP contribution in [0.25, 0.3) is 0 Å². The molecule has 0 unspecified atom stereocenters. The summed E-state index contributed by atoms with van der Waals surface area (Å²) in [6, 6.07) is 0. The van der Waals surface area contributed by atoms with E-state index in [1.807, 2.05) is 14.0 Å². The van der Waals surface area contributed by atoms with E-state index < -0.39 is 0 Å². The van der Waals surface area contributed by atoms with E-state index in [0.717, 1.165) is 6.54 Å². The van der Waals surface area contributed by atoms with Crippen molar-refractivity contribution in [3.8, 4) is 0 Å². The topological polar surface area (TPSA) is 12.0 Å². The molecule has 0 aliphatic carbocycles. The zero-order valence-corrected chi connectivity index (χ0v) is 6.51. The summed E-state index contributed by atoms with van der Waals surface area (Å²) in [4.78, 5) is 0. The van der Waals surface area contributed by atoms with Crippen molar-refractivity contribution in [2.45, 2.75) is 13.8 Å². The van der Waals surface area contributed by atoms with Crippen molar-refractivity contribution in [3.05, 3.63) is 11.6 Å². The van der Waals surface area contributed by atoms with Gasteiger partial charge >= 0.3 is 0 Å².